The van der Waals surface area contributed by atoms with Crippen molar-refractivity contribution in [3.8, 4) is 0 Å². The molecule has 0 radical (unpaired) electrons. The lowest BCUT2D eigenvalue weighted by atomic mass is 10.2. The molecular weight excluding hydrogens is 106 g/mol. The van der Waals surface area contributed by atoms with Crippen LogP contribution in [0.2, 0.25) is 0 Å². The van der Waals surface area contributed by atoms with Crippen LogP contribution in [-0.4, -0.2) is 23.7 Å². The molecule has 0 unspecified atom stereocenters. The molecule has 1 aliphatic heterocycles. The molecule has 1 atom stereocenters. The first-order chi connectivity index (χ1) is 3.80. The van der Waals surface area contributed by atoms with Crippen LogP contribution in [0.4, 0.5) is 0 Å². The lowest BCUT2D eigenvalue weighted by Gasteiger charge is -2.15. The Morgan fingerprint density at radius 2 is 2.50 bits per heavy atom. The van der Waals surface area contributed by atoms with Crippen LogP contribution in [-0.2, 0) is 4.79 Å². The Morgan fingerprint density at radius 1 is 1.75 bits per heavy atom. The Morgan fingerprint density at radius 3 is 2.75 bits per heavy atom. The topological polar surface area (TPSA) is 51.4 Å². The summed E-state index contributed by atoms with van der Waals surface area (Å²) in [6, 6.07) is -0.394. The van der Waals surface area contributed by atoms with Gasteiger partial charge in [0.15, 0.2) is 0 Å². The highest BCUT2D eigenvalue weighted by Gasteiger charge is 2.09. The summed E-state index contributed by atoms with van der Waals surface area (Å²) in [5.41, 5.74) is 0. The SMILES string of the molecule is O=C(O)[C@@H]1CCC[N-]1. The van der Waals surface area contributed by atoms with E-state index >= 15 is 0 Å². The van der Waals surface area contributed by atoms with E-state index in [0.717, 1.165) is 19.4 Å². The van der Waals surface area contributed by atoms with Gasteiger partial charge in [0.05, 0.1) is 0 Å². The molecule has 0 aromatic rings. The zero-order valence-corrected chi connectivity index (χ0v) is 4.50. The predicted molar refractivity (Wildman–Crippen MR) is 28.9 cm³/mol. The zero-order valence-electron chi connectivity index (χ0n) is 4.50. The molecule has 1 heterocycles. The van der Waals surface area contributed by atoms with E-state index in [1.165, 1.54) is 0 Å². The van der Waals surface area contributed by atoms with Crippen LogP contribution in [0.5, 0.6) is 0 Å². The van der Waals surface area contributed by atoms with E-state index in [2.05, 4.69) is 5.32 Å². The van der Waals surface area contributed by atoms with Crippen molar-refractivity contribution in [1.82, 2.24) is 0 Å². The van der Waals surface area contributed by atoms with Crippen LogP contribution in [0, 0.1) is 0 Å². The molecule has 3 nitrogen and oxygen atoms in total. The summed E-state index contributed by atoms with van der Waals surface area (Å²) in [5.74, 6) is -0.775. The summed E-state index contributed by atoms with van der Waals surface area (Å²) in [5, 5.41) is 12.2. The van der Waals surface area contributed by atoms with Crippen molar-refractivity contribution in [3.05, 3.63) is 5.32 Å². The third-order valence-electron chi connectivity index (χ3n) is 1.27. The number of aliphatic carboxylic acids is 1. The number of nitrogens with zero attached hydrogens (tertiary/aromatic N) is 1. The second-order valence-corrected chi connectivity index (χ2v) is 1.90. The Hall–Kier alpha value is -0.570. The Balaban J connectivity index is 2.35. The standard InChI is InChI=1S/C5H8NO2/c7-5(8)4-2-1-3-6-4/h4H,1-3H2,(H,7,8)/q-1/t4-/m0/s1. The molecule has 1 N–H and O–H groups in total. The van der Waals surface area contributed by atoms with Gasteiger partial charge in [0, 0.05) is 0 Å². The van der Waals surface area contributed by atoms with Crippen molar-refractivity contribution >= 4 is 5.97 Å². The van der Waals surface area contributed by atoms with Crippen LogP contribution >= 0.6 is 0 Å². The third-order valence-corrected chi connectivity index (χ3v) is 1.27. The van der Waals surface area contributed by atoms with E-state index in [1.54, 1.807) is 0 Å². The molecule has 1 rings (SSSR count). The number of carboxylic acids is 1. The minimum atomic E-state index is -0.775. The molecule has 0 saturated carbocycles. The van der Waals surface area contributed by atoms with Gasteiger partial charge in [0.1, 0.15) is 0 Å². The maximum Gasteiger partial charge on any atom is 0.285 e. The smallest absolute Gasteiger partial charge is 0.285 e. The fourth-order valence-corrected chi connectivity index (χ4v) is 0.825. The van der Waals surface area contributed by atoms with Gasteiger partial charge in [0.25, 0.3) is 5.97 Å². The van der Waals surface area contributed by atoms with Crippen LogP contribution in [0.25, 0.3) is 5.32 Å². The quantitative estimate of drug-likeness (QED) is 0.542. The molecule has 1 aliphatic rings. The highest BCUT2D eigenvalue weighted by atomic mass is 16.4. The van der Waals surface area contributed by atoms with E-state index in [9.17, 15) is 4.79 Å². The van der Waals surface area contributed by atoms with Crippen LogP contribution in [0.15, 0.2) is 0 Å². The zero-order chi connectivity index (χ0) is 5.98. The third kappa shape index (κ3) is 0.980. The minimum Gasteiger partial charge on any atom is -0.650 e. The second-order valence-electron chi connectivity index (χ2n) is 1.90. The summed E-state index contributed by atoms with van der Waals surface area (Å²) in [6.45, 7) is 0.733. The van der Waals surface area contributed by atoms with Crippen molar-refractivity contribution in [3.63, 3.8) is 0 Å². The largest absolute Gasteiger partial charge is 0.650 e. The molecule has 46 valence electrons. The molecule has 0 amide bonds. The normalized spacial score (nSPS) is 28.2. The summed E-state index contributed by atoms with van der Waals surface area (Å²) in [6.07, 6.45) is 1.67. The van der Waals surface area contributed by atoms with Gasteiger partial charge in [-0.05, 0) is 6.04 Å². The molecule has 1 saturated heterocycles. The molecule has 8 heavy (non-hydrogen) atoms. The molecule has 1 fully saturated rings. The lowest BCUT2D eigenvalue weighted by Crippen LogP contribution is -2.13. The van der Waals surface area contributed by atoms with Crippen molar-refractivity contribution in [2.24, 2.45) is 0 Å². The number of hydrogen-bond donors (Lipinski definition) is 1. The van der Waals surface area contributed by atoms with Crippen LogP contribution < -0.4 is 0 Å². The predicted octanol–water partition coefficient (Wildman–Crippen LogP) is 0.607. The number of carboxylic acid groups (broad SMARTS) is 1. The van der Waals surface area contributed by atoms with E-state index in [1.807, 2.05) is 0 Å². The molecule has 3 heteroatoms. The number of hydrogen-bond acceptors (Lipinski definition) is 1. The lowest BCUT2D eigenvalue weighted by molar-refractivity contribution is -0.137. The molecule has 0 spiro atoms. The van der Waals surface area contributed by atoms with Gasteiger partial charge in [-0.3, -0.25) is 4.79 Å². The maximum atomic E-state index is 10.1. The highest BCUT2D eigenvalue weighted by Crippen LogP contribution is 2.17. The molecular formula is C5H8NO2-. The van der Waals surface area contributed by atoms with Gasteiger partial charge in [-0.2, -0.15) is 0 Å². The fraction of sp³-hybridized carbons (Fsp3) is 0.800. The Kier molecular flexibility index (Phi) is 1.48. The number of rotatable bonds is 1. The molecule has 0 aliphatic carbocycles. The first kappa shape index (κ1) is 5.56. The van der Waals surface area contributed by atoms with Crippen LogP contribution in [0.3, 0.4) is 0 Å². The van der Waals surface area contributed by atoms with Crippen LogP contribution in [0.1, 0.15) is 12.8 Å². The van der Waals surface area contributed by atoms with Gasteiger partial charge < -0.3 is 10.4 Å². The summed E-state index contributed by atoms with van der Waals surface area (Å²) in [7, 11) is 0. The van der Waals surface area contributed by atoms with Crippen molar-refractivity contribution in [2.75, 3.05) is 6.54 Å². The molecule has 0 aromatic heterocycles. The van der Waals surface area contributed by atoms with Crippen molar-refractivity contribution < 1.29 is 9.90 Å². The first-order valence-corrected chi connectivity index (χ1v) is 2.70. The summed E-state index contributed by atoms with van der Waals surface area (Å²) < 4.78 is 0. The Labute approximate surface area is 47.7 Å². The summed E-state index contributed by atoms with van der Waals surface area (Å²) in [4.78, 5) is 10.1. The van der Waals surface area contributed by atoms with E-state index in [4.69, 9.17) is 5.11 Å². The summed E-state index contributed by atoms with van der Waals surface area (Å²) >= 11 is 0. The average Bonchev–Trinajstić information content (AvgIpc) is 2.12. The average molecular weight is 114 g/mol. The fourth-order valence-electron chi connectivity index (χ4n) is 0.825. The minimum absolute atomic E-state index is 0.394. The highest BCUT2D eigenvalue weighted by molar-refractivity contribution is 5.76. The van der Waals surface area contributed by atoms with Gasteiger partial charge in [-0.1, -0.05) is 12.8 Å². The Bertz CT molecular complexity index is 96.6. The van der Waals surface area contributed by atoms with E-state index < -0.39 is 12.0 Å². The monoisotopic (exact) mass is 114 g/mol. The van der Waals surface area contributed by atoms with Crippen molar-refractivity contribution in [1.29, 1.82) is 0 Å². The van der Waals surface area contributed by atoms with Gasteiger partial charge in [-0.25, -0.2) is 0 Å². The van der Waals surface area contributed by atoms with E-state index in [0.29, 0.717) is 0 Å². The second kappa shape index (κ2) is 2.13. The van der Waals surface area contributed by atoms with Gasteiger partial charge >= 0.3 is 0 Å². The number of carbonyl (C=O) groups is 1. The van der Waals surface area contributed by atoms with Crippen molar-refractivity contribution in [2.45, 2.75) is 18.9 Å². The van der Waals surface area contributed by atoms with E-state index in [-0.39, 0.29) is 0 Å². The van der Waals surface area contributed by atoms with Gasteiger partial charge in [0.2, 0.25) is 0 Å². The first-order valence-electron chi connectivity index (χ1n) is 2.70. The van der Waals surface area contributed by atoms with Gasteiger partial charge in [-0.15, -0.1) is 6.54 Å². The maximum absolute atomic E-state index is 10.1. The molecule has 0 bridgehead atoms. The molecule has 0 aromatic carbocycles.